The first-order chi connectivity index (χ1) is 16.2. The zero-order chi connectivity index (χ0) is 27.6. The first-order valence-corrected chi connectivity index (χ1v) is 8.28. The van der Waals surface area contributed by atoms with E-state index in [0.29, 0.717) is 5.69 Å². The number of benzene rings is 1. The van der Waals surface area contributed by atoms with Gasteiger partial charge in [-0.15, -0.1) is 0 Å². The van der Waals surface area contributed by atoms with Gasteiger partial charge in [0.15, 0.2) is 0 Å². The highest BCUT2D eigenvalue weighted by Crippen LogP contribution is 2.36. The highest BCUT2D eigenvalue weighted by molar-refractivity contribution is 5.70. The average molecular weight is 352 g/mol. The Kier molecular flexibility index (Phi) is 2.27. The maximum Gasteiger partial charge on any atom is 0.103 e. The van der Waals surface area contributed by atoms with E-state index in [2.05, 4.69) is 0 Å². The molecule has 2 heterocycles. The van der Waals surface area contributed by atoms with Crippen LogP contribution < -0.4 is 9.80 Å². The maximum absolute atomic E-state index is 8.53. The smallest absolute Gasteiger partial charge is 0.103 e. The second kappa shape index (κ2) is 6.66. The minimum atomic E-state index is -3.10. The van der Waals surface area contributed by atoms with E-state index in [0.717, 1.165) is 16.2 Å². The van der Waals surface area contributed by atoms with Gasteiger partial charge < -0.3 is 19.6 Å². The van der Waals surface area contributed by atoms with E-state index in [9.17, 15) is 0 Å². The van der Waals surface area contributed by atoms with E-state index < -0.39 is 44.9 Å². The zero-order valence-electron chi connectivity index (χ0n) is 26.0. The fourth-order valence-corrected chi connectivity index (χ4v) is 3.44. The van der Waals surface area contributed by atoms with Gasteiger partial charge in [-0.2, -0.15) is 0 Å². The summed E-state index contributed by atoms with van der Waals surface area (Å²) < 4.78 is 87.1. The van der Waals surface area contributed by atoms with Crippen molar-refractivity contribution >= 4 is 11.4 Å². The third-order valence-corrected chi connectivity index (χ3v) is 4.86. The Balaban J connectivity index is 1.95. The van der Waals surface area contributed by atoms with Crippen LogP contribution in [-0.2, 0) is 0 Å². The zero-order valence-corrected chi connectivity index (χ0v) is 15.0. The summed E-state index contributed by atoms with van der Waals surface area (Å²) >= 11 is 0. The molecule has 25 heavy (non-hydrogen) atoms. The van der Waals surface area contributed by atoms with E-state index in [1.165, 1.54) is 18.0 Å². The third kappa shape index (κ3) is 2.99. The topological polar surface area (TPSA) is 13.0 Å². The van der Waals surface area contributed by atoms with Gasteiger partial charge in [-0.25, -0.2) is 0 Å². The lowest BCUT2D eigenvalue weighted by atomic mass is 10.1. The van der Waals surface area contributed by atoms with Crippen molar-refractivity contribution in [3.8, 4) is 0 Å². The van der Waals surface area contributed by atoms with Crippen LogP contribution in [0.5, 0.6) is 0 Å². The summed E-state index contributed by atoms with van der Waals surface area (Å²) in [6, 6.07) is 0.740. The third-order valence-electron chi connectivity index (χ3n) is 4.86. The summed E-state index contributed by atoms with van der Waals surface area (Å²) in [7, 11) is 0. The van der Waals surface area contributed by atoms with Gasteiger partial charge in [0.25, 0.3) is 0 Å². The van der Waals surface area contributed by atoms with E-state index in [4.69, 9.17) is 15.1 Å². The Bertz CT molecular complexity index is 1030. The Hall–Kier alpha value is -2.10. The normalized spacial score (nSPS) is 33.8. The van der Waals surface area contributed by atoms with Gasteiger partial charge in [-0.05, 0) is 65.9 Å². The molecule has 4 heteroatoms. The Morgan fingerprint density at radius 2 is 1.36 bits per heavy atom. The SMILES string of the molecule is [2H]C([2H])([2H])C([2H])(C)N1C=CN(c2cccc(N3C=CN(C([2H])(C([2H])([2H])[2H])C([2H])([2H])[2H])[C@@H]3C)c2C)[C@@H]1C. The second-order valence-corrected chi connectivity index (χ2v) is 6.34. The summed E-state index contributed by atoms with van der Waals surface area (Å²) in [5, 5.41) is 0. The van der Waals surface area contributed by atoms with Crippen LogP contribution in [0.1, 0.15) is 62.0 Å². The summed E-state index contributed by atoms with van der Waals surface area (Å²) in [5.74, 6) is 0. The number of nitrogens with zero attached hydrogens (tertiary/aromatic N) is 4. The molecule has 0 fully saturated rings. The lowest BCUT2D eigenvalue weighted by Crippen LogP contribution is -2.41. The van der Waals surface area contributed by atoms with Gasteiger partial charge in [-0.3, -0.25) is 0 Å². The van der Waals surface area contributed by atoms with E-state index in [-0.39, 0.29) is 0 Å². The molecule has 136 valence electrons. The van der Waals surface area contributed by atoms with Gasteiger partial charge in [-0.1, -0.05) is 6.07 Å². The monoisotopic (exact) mass is 351 g/mol. The average Bonchev–Trinajstić information content (AvgIpc) is 3.28. The standard InChI is InChI=1S/C21H32N4/c1-15(2)22-11-13-24(18(22)6)20-9-8-10-21(17(20)5)25-14-12-23(16(3)4)19(25)7/h8-16,18-19H,1-7H3/t18-,19+/i1D3,2D3,3D3,15D,16D/t16?,18-,19+/m0/s1. The molecule has 0 saturated carbocycles. The summed E-state index contributed by atoms with van der Waals surface area (Å²) in [4.78, 5) is 6.06. The molecule has 3 rings (SSSR count). The van der Waals surface area contributed by atoms with Crippen LogP contribution in [0.25, 0.3) is 0 Å². The fraction of sp³-hybridized carbons (Fsp3) is 0.524. The molecule has 3 atom stereocenters. The molecule has 1 aromatic carbocycles. The molecule has 2 aliphatic heterocycles. The van der Waals surface area contributed by atoms with Crippen molar-refractivity contribution in [2.45, 2.75) is 72.6 Å². The highest BCUT2D eigenvalue weighted by atomic mass is 15.4. The number of hydrogen-bond donors (Lipinski definition) is 0. The van der Waals surface area contributed by atoms with Crippen LogP contribution in [-0.4, -0.2) is 34.2 Å². The molecule has 0 N–H and O–H groups in total. The first kappa shape index (κ1) is 8.52. The van der Waals surface area contributed by atoms with Crippen LogP contribution in [0, 0.1) is 6.92 Å². The Morgan fingerprint density at radius 3 is 1.84 bits per heavy atom. The molecule has 0 saturated heterocycles. The summed E-state index contributed by atoms with van der Waals surface area (Å²) in [6.07, 6.45) is 4.91. The van der Waals surface area contributed by atoms with Crippen molar-refractivity contribution in [2.24, 2.45) is 0 Å². The molecule has 0 bridgehead atoms. The molecule has 0 radical (unpaired) electrons. The number of anilines is 2. The molecule has 2 aliphatic rings. The quantitative estimate of drug-likeness (QED) is 0.780. The van der Waals surface area contributed by atoms with Gasteiger partial charge in [0.1, 0.15) is 12.3 Å². The van der Waals surface area contributed by atoms with Gasteiger partial charge in [0.2, 0.25) is 0 Å². The Labute approximate surface area is 168 Å². The van der Waals surface area contributed by atoms with Crippen LogP contribution >= 0.6 is 0 Å². The van der Waals surface area contributed by atoms with Crippen molar-refractivity contribution < 1.29 is 15.1 Å². The van der Waals surface area contributed by atoms with Crippen molar-refractivity contribution in [1.82, 2.24) is 9.80 Å². The second-order valence-electron chi connectivity index (χ2n) is 6.34. The lowest BCUT2D eigenvalue weighted by Gasteiger charge is -2.36. The minimum Gasteiger partial charge on any atom is -0.353 e. The molecule has 4 nitrogen and oxygen atoms in total. The van der Waals surface area contributed by atoms with Crippen LogP contribution in [0.15, 0.2) is 43.0 Å². The molecule has 1 aromatic rings. The molecular weight excluding hydrogens is 308 g/mol. The predicted molar refractivity (Wildman–Crippen MR) is 107 cm³/mol. The number of rotatable bonds is 4. The van der Waals surface area contributed by atoms with Crippen molar-refractivity contribution in [2.75, 3.05) is 9.80 Å². The largest absolute Gasteiger partial charge is 0.353 e. The summed E-state index contributed by atoms with van der Waals surface area (Å²) in [5.41, 5.74) is 2.18. The minimum absolute atomic E-state index is 0.475. The number of hydrogen-bond acceptors (Lipinski definition) is 4. The molecule has 0 aromatic heterocycles. The van der Waals surface area contributed by atoms with Crippen molar-refractivity contribution in [1.29, 1.82) is 0 Å². The predicted octanol–water partition coefficient (Wildman–Crippen LogP) is 4.69. The van der Waals surface area contributed by atoms with Gasteiger partial charge in [0, 0.05) is 60.5 Å². The molecular formula is C21H32N4. The lowest BCUT2D eigenvalue weighted by molar-refractivity contribution is 0.263. The first-order valence-electron chi connectivity index (χ1n) is 13.8. The molecule has 0 amide bonds. The summed E-state index contributed by atoms with van der Waals surface area (Å²) in [6.45, 7) is -2.11. The van der Waals surface area contributed by atoms with Crippen LogP contribution in [0.2, 0.25) is 0 Å². The van der Waals surface area contributed by atoms with Gasteiger partial charge in [0.05, 0.1) is 2.74 Å². The Morgan fingerprint density at radius 1 is 0.880 bits per heavy atom. The van der Waals surface area contributed by atoms with E-state index in [1.54, 1.807) is 49.5 Å². The fourth-order valence-electron chi connectivity index (χ4n) is 3.44. The van der Waals surface area contributed by atoms with Crippen molar-refractivity contribution in [3.05, 3.63) is 48.6 Å². The molecule has 0 spiro atoms. The van der Waals surface area contributed by atoms with Crippen molar-refractivity contribution in [3.63, 3.8) is 0 Å². The van der Waals surface area contributed by atoms with Crippen LogP contribution in [0.4, 0.5) is 11.4 Å². The molecule has 1 unspecified atom stereocenters. The van der Waals surface area contributed by atoms with E-state index in [1.807, 2.05) is 17.9 Å². The van der Waals surface area contributed by atoms with E-state index >= 15 is 0 Å². The van der Waals surface area contributed by atoms with Gasteiger partial charge >= 0.3 is 0 Å². The van der Waals surface area contributed by atoms with Crippen LogP contribution in [0.3, 0.4) is 0 Å². The maximum atomic E-state index is 8.53. The highest BCUT2D eigenvalue weighted by Gasteiger charge is 2.29. The molecule has 0 aliphatic carbocycles.